The van der Waals surface area contributed by atoms with E-state index in [0.717, 1.165) is 6.54 Å². The highest BCUT2D eigenvalue weighted by Crippen LogP contribution is 1.85. The van der Waals surface area contributed by atoms with Crippen LogP contribution in [0.25, 0.3) is 0 Å². The van der Waals surface area contributed by atoms with Gasteiger partial charge in [0.15, 0.2) is 0 Å². The summed E-state index contributed by atoms with van der Waals surface area (Å²) >= 11 is 0. The maximum Gasteiger partial charge on any atom is 0.0773 e. The highest BCUT2D eigenvalue weighted by molar-refractivity contribution is 4.87. The summed E-state index contributed by atoms with van der Waals surface area (Å²) < 4.78 is 0. The van der Waals surface area contributed by atoms with Crippen molar-refractivity contribution < 1.29 is 5.11 Å². The molecular formula is C7H13NO. The van der Waals surface area contributed by atoms with Crippen molar-refractivity contribution >= 4 is 0 Å². The Hall–Kier alpha value is -0.520. The summed E-state index contributed by atoms with van der Waals surface area (Å²) in [5.74, 6) is 2.39. The molecule has 0 amide bonds. The monoisotopic (exact) mass is 127 g/mol. The molecule has 0 aliphatic rings. The van der Waals surface area contributed by atoms with Crippen molar-refractivity contribution in [3.8, 4) is 12.3 Å². The summed E-state index contributed by atoms with van der Waals surface area (Å²) in [6, 6.07) is 0. The molecule has 0 saturated heterocycles. The number of hydrogen-bond acceptors (Lipinski definition) is 2. The molecule has 2 heteroatoms. The van der Waals surface area contributed by atoms with Gasteiger partial charge in [-0.25, -0.2) is 0 Å². The zero-order chi connectivity index (χ0) is 7.11. The maximum absolute atomic E-state index is 8.98. The molecule has 0 radical (unpaired) electrons. The second kappa shape index (κ2) is 5.61. The molecule has 0 spiro atoms. The highest BCUT2D eigenvalue weighted by atomic mass is 16.3. The molecule has 0 heterocycles. The van der Waals surface area contributed by atoms with Crippen molar-refractivity contribution in [3.05, 3.63) is 0 Å². The van der Waals surface area contributed by atoms with Gasteiger partial charge in [0.2, 0.25) is 0 Å². The lowest BCUT2D eigenvalue weighted by molar-refractivity contribution is 0.178. The van der Waals surface area contributed by atoms with E-state index >= 15 is 0 Å². The van der Waals surface area contributed by atoms with Gasteiger partial charge in [0.1, 0.15) is 0 Å². The van der Waals surface area contributed by atoms with Gasteiger partial charge >= 0.3 is 0 Å². The predicted octanol–water partition coefficient (Wildman–Crippen LogP) is -0.0199. The minimum atomic E-state index is -0.380. The summed E-state index contributed by atoms with van der Waals surface area (Å²) in [5, 5.41) is 12.0. The first kappa shape index (κ1) is 8.48. The fourth-order valence-corrected chi connectivity index (χ4v) is 0.519. The van der Waals surface area contributed by atoms with Gasteiger partial charge in [-0.1, -0.05) is 6.92 Å². The standard InChI is InChI=1S/C7H13NO/c1-3-5-7(9)6-8-4-2/h1,7-9H,4-6H2,2H3. The van der Waals surface area contributed by atoms with Gasteiger partial charge in [-0.05, 0) is 6.54 Å². The van der Waals surface area contributed by atoms with E-state index in [1.165, 1.54) is 0 Å². The molecule has 0 aromatic carbocycles. The topological polar surface area (TPSA) is 32.3 Å². The van der Waals surface area contributed by atoms with Gasteiger partial charge in [0, 0.05) is 13.0 Å². The van der Waals surface area contributed by atoms with Crippen molar-refractivity contribution in [2.75, 3.05) is 13.1 Å². The predicted molar refractivity (Wildman–Crippen MR) is 38.0 cm³/mol. The Balaban J connectivity index is 3.08. The first-order valence-electron chi connectivity index (χ1n) is 3.13. The Morgan fingerprint density at radius 1 is 1.78 bits per heavy atom. The van der Waals surface area contributed by atoms with Crippen molar-refractivity contribution in [1.82, 2.24) is 5.32 Å². The number of aliphatic hydroxyl groups excluding tert-OH is 1. The average Bonchev–Trinajstić information content (AvgIpc) is 1.85. The van der Waals surface area contributed by atoms with Gasteiger partial charge in [-0.3, -0.25) is 0 Å². The Labute approximate surface area is 56.3 Å². The molecule has 0 aliphatic carbocycles. The summed E-state index contributed by atoms with van der Waals surface area (Å²) in [6.45, 7) is 3.46. The van der Waals surface area contributed by atoms with Gasteiger partial charge in [-0.15, -0.1) is 12.3 Å². The summed E-state index contributed by atoms with van der Waals surface area (Å²) in [4.78, 5) is 0. The molecule has 0 aliphatic heterocycles. The van der Waals surface area contributed by atoms with E-state index in [2.05, 4.69) is 11.2 Å². The minimum absolute atomic E-state index is 0.380. The maximum atomic E-state index is 8.98. The molecule has 0 fully saturated rings. The van der Waals surface area contributed by atoms with Crippen LogP contribution < -0.4 is 5.32 Å². The van der Waals surface area contributed by atoms with E-state index in [1.54, 1.807) is 0 Å². The molecule has 0 rings (SSSR count). The zero-order valence-electron chi connectivity index (χ0n) is 5.72. The van der Waals surface area contributed by atoms with Crippen LogP contribution in [0.2, 0.25) is 0 Å². The second-order valence-electron chi connectivity index (χ2n) is 1.87. The van der Waals surface area contributed by atoms with Crippen LogP contribution >= 0.6 is 0 Å². The fraction of sp³-hybridized carbons (Fsp3) is 0.714. The molecule has 2 N–H and O–H groups in total. The van der Waals surface area contributed by atoms with Crippen LogP contribution in [0.1, 0.15) is 13.3 Å². The molecule has 52 valence electrons. The SMILES string of the molecule is C#CCC(O)CNCC. The van der Waals surface area contributed by atoms with Gasteiger partial charge < -0.3 is 10.4 Å². The third-order valence-corrected chi connectivity index (χ3v) is 0.983. The number of hydrogen-bond donors (Lipinski definition) is 2. The fourth-order valence-electron chi connectivity index (χ4n) is 0.519. The quantitative estimate of drug-likeness (QED) is 0.520. The highest BCUT2D eigenvalue weighted by Gasteiger charge is 1.97. The Morgan fingerprint density at radius 3 is 2.89 bits per heavy atom. The summed E-state index contributed by atoms with van der Waals surface area (Å²) in [6.07, 6.45) is 5.02. The number of nitrogens with one attached hydrogen (secondary N) is 1. The first-order chi connectivity index (χ1) is 4.31. The zero-order valence-corrected chi connectivity index (χ0v) is 5.72. The van der Waals surface area contributed by atoms with E-state index < -0.39 is 0 Å². The van der Waals surface area contributed by atoms with Crippen molar-refractivity contribution in [3.63, 3.8) is 0 Å². The molecule has 1 atom stereocenters. The number of likely N-dealkylation sites (N-methyl/N-ethyl adjacent to an activating group) is 1. The van der Waals surface area contributed by atoms with Gasteiger partial charge in [0.05, 0.1) is 6.10 Å². The number of rotatable bonds is 4. The smallest absolute Gasteiger partial charge is 0.0773 e. The van der Waals surface area contributed by atoms with E-state index in [1.807, 2.05) is 6.92 Å². The lowest BCUT2D eigenvalue weighted by Crippen LogP contribution is -2.25. The van der Waals surface area contributed by atoms with Crippen LogP contribution in [0.3, 0.4) is 0 Å². The lowest BCUT2D eigenvalue weighted by Gasteiger charge is -2.05. The van der Waals surface area contributed by atoms with E-state index in [0.29, 0.717) is 13.0 Å². The lowest BCUT2D eigenvalue weighted by atomic mass is 10.2. The van der Waals surface area contributed by atoms with E-state index in [-0.39, 0.29) is 6.10 Å². The minimum Gasteiger partial charge on any atom is -0.391 e. The van der Waals surface area contributed by atoms with Crippen LogP contribution in [-0.2, 0) is 0 Å². The van der Waals surface area contributed by atoms with Gasteiger partial charge in [0.25, 0.3) is 0 Å². The molecule has 0 saturated carbocycles. The van der Waals surface area contributed by atoms with Crippen LogP contribution in [0.15, 0.2) is 0 Å². The third-order valence-electron chi connectivity index (χ3n) is 0.983. The Kier molecular flexibility index (Phi) is 5.29. The van der Waals surface area contributed by atoms with Crippen LogP contribution in [0.4, 0.5) is 0 Å². The molecule has 1 unspecified atom stereocenters. The van der Waals surface area contributed by atoms with Crippen LogP contribution in [-0.4, -0.2) is 24.3 Å². The number of aliphatic hydroxyl groups is 1. The van der Waals surface area contributed by atoms with Crippen molar-refractivity contribution in [2.45, 2.75) is 19.4 Å². The number of terminal acetylenes is 1. The molecule has 9 heavy (non-hydrogen) atoms. The van der Waals surface area contributed by atoms with Gasteiger partial charge in [-0.2, -0.15) is 0 Å². The second-order valence-corrected chi connectivity index (χ2v) is 1.87. The summed E-state index contributed by atoms with van der Waals surface area (Å²) in [7, 11) is 0. The van der Waals surface area contributed by atoms with E-state index in [9.17, 15) is 0 Å². The molecule has 0 aromatic rings. The molecule has 0 bridgehead atoms. The molecule has 2 nitrogen and oxygen atoms in total. The molecule has 0 aromatic heterocycles. The molecular weight excluding hydrogens is 114 g/mol. The van der Waals surface area contributed by atoms with Crippen molar-refractivity contribution in [2.24, 2.45) is 0 Å². The first-order valence-corrected chi connectivity index (χ1v) is 3.13. The average molecular weight is 127 g/mol. The van der Waals surface area contributed by atoms with E-state index in [4.69, 9.17) is 11.5 Å². The Morgan fingerprint density at radius 2 is 2.44 bits per heavy atom. The summed E-state index contributed by atoms with van der Waals surface area (Å²) in [5.41, 5.74) is 0. The Bertz CT molecular complexity index is 95.6. The third kappa shape index (κ3) is 5.35. The van der Waals surface area contributed by atoms with Crippen molar-refractivity contribution in [1.29, 1.82) is 0 Å². The van der Waals surface area contributed by atoms with Crippen LogP contribution in [0.5, 0.6) is 0 Å². The largest absolute Gasteiger partial charge is 0.391 e. The van der Waals surface area contributed by atoms with Crippen LogP contribution in [0, 0.1) is 12.3 Å². The normalized spacial score (nSPS) is 12.6.